The summed E-state index contributed by atoms with van der Waals surface area (Å²) in [5.74, 6) is 0.806. The molecule has 1 aliphatic rings. The number of rotatable bonds is 8. The lowest BCUT2D eigenvalue weighted by Crippen LogP contribution is -2.47. The van der Waals surface area contributed by atoms with Gasteiger partial charge in [0.15, 0.2) is 0 Å². The Morgan fingerprint density at radius 2 is 1.85 bits per heavy atom. The number of carbonyl (C=O) groups excluding carboxylic acids is 1. The topological polar surface area (TPSA) is 76.5 Å². The predicted octanol–water partition coefficient (Wildman–Crippen LogP) is 6.10. The largest absolute Gasteiger partial charge is 0.497 e. The van der Waals surface area contributed by atoms with Crippen LogP contribution < -0.4 is 15.6 Å². The molecule has 0 atom stereocenters. The van der Waals surface area contributed by atoms with Gasteiger partial charge in [-0.15, -0.1) is 11.3 Å². The molecule has 1 N–H and O–H groups in total. The van der Waals surface area contributed by atoms with Gasteiger partial charge in [-0.1, -0.05) is 50.6 Å². The van der Waals surface area contributed by atoms with Crippen molar-refractivity contribution in [2.75, 3.05) is 33.3 Å². The zero-order valence-electron chi connectivity index (χ0n) is 23.9. The molecule has 0 radical (unpaired) electrons. The Labute approximate surface area is 249 Å². The molecule has 1 aliphatic heterocycles. The van der Waals surface area contributed by atoms with Crippen LogP contribution in [0.2, 0.25) is 5.02 Å². The van der Waals surface area contributed by atoms with Gasteiger partial charge in [0.25, 0.3) is 11.5 Å². The molecule has 4 aromatic rings. The van der Waals surface area contributed by atoms with E-state index in [0.717, 1.165) is 47.7 Å². The molecule has 1 fully saturated rings. The van der Waals surface area contributed by atoms with Crippen molar-refractivity contribution < 1.29 is 9.53 Å². The van der Waals surface area contributed by atoms with Gasteiger partial charge in [0.05, 0.1) is 29.6 Å². The number of thiazole rings is 1. The molecule has 0 aliphatic carbocycles. The lowest BCUT2D eigenvalue weighted by molar-refractivity contribution is 0.0733. The summed E-state index contributed by atoms with van der Waals surface area (Å²) >= 11 is 7.49. The molecule has 9 heteroatoms. The second-order valence-corrected chi connectivity index (χ2v) is 11.9. The van der Waals surface area contributed by atoms with Gasteiger partial charge in [0.2, 0.25) is 0 Å². The number of piperazine rings is 1. The van der Waals surface area contributed by atoms with Crippen molar-refractivity contribution in [3.63, 3.8) is 0 Å². The average Bonchev–Trinajstić information content (AvgIpc) is 3.47. The highest BCUT2D eigenvalue weighted by atomic mass is 35.5. The molecule has 1 amide bonds. The standard InChI is InChI=1S/C32H35ClN4O3S/c1-5-21-8-11-24(40-4)17-28(21)37-29(16-20(2)3)25(31(38)36-14-12-34-13-15-36)18-26(32(37)39)30-35-27(19-41-30)22-6-9-23(33)10-7-22/h6-11,17-20,34H,5,12-16H2,1-4H3. The summed E-state index contributed by atoms with van der Waals surface area (Å²) in [6.45, 7) is 8.99. The maximum Gasteiger partial charge on any atom is 0.265 e. The maximum atomic E-state index is 14.5. The summed E-state index contributed by atoms with van der Waals surface area (Å²) in [4.78, 5) is 35.4. The monoisotopic (exact) mass is 590 g/mol. The Kier molecular flexibility index (Phi) is 8.92. The fourth-order valence-corrected chi connectivity index (χ4v) is 6.16. The van der Waals surface area contributed by atoms with E-state index in [9.17, 15) is 9.59 Å². The number of pyridine rings is 1. The molecule has 0 saturated carbocycles. The van der Waals surface area contributed by atoms with E-state index in [-0.39, 0.29) is 17.4 Å². The molecule has 3 heterocycles. The Morgan fingerprint density at radius 1 is 1.12 bits per heavy atom. The number of ether oxygens (including phenoxy) is 1. The molecule has 0 bridgehead atoms. The summed E-state index contributed by atoms with van der Waals surface area (Å²) in [6, 6.07) is 15.0. The minimum Gasteiger partial charge on any atom is -0.497 e. The lowest BCUT2D eigenvalue weighted by Gasteiger charge is -2.29. The van der Waals surface area contributed by atoms with Gasteiger partial charge in [-0.05, 0) is 48.6 Å². The minimum absolute atomic E-state index is 0.0624. The van der Waals surface area contributed by atoms with Crippen molar-refractivity contribution >= 4 is 28.8 Å². The summed E-state index contributed by atoms with van der Waals surface area (Å²) in [6.07, 6.45) is 1.28. The van der Waals surface area contributed by atoms with E-state index in [1.807, 2.05) is 52.7 Å². The van der Waals surface area contributed by atoms with Crippen molar-refractivity contribution in [1.29, 1.82) is 0 Å². The van der Waals surface area contributed by atoms with Crippen molar-refractivity contribution in [2.45, 2.75) is 33.6 Å². The van der Waals surface area contributed by atoms with Gasteiger partial charge in [-0.2, -0.15) is 0 Å². The third-order valence-corrected chi connectivity index (χ3v) is 8.46. The van der Waals surface area contributed by atoms with E-state index >= 15 is 0 Å². The molecular formula is C32H35ClN4O3S. The minimum atomic E-state index is -0.197. The second-order valence-electron chi connectivity index (χ2n) is 10.6. The number of aromatic nitrogens is 2. The fraction of sp³-hybridized carbons (Fsp3) is 0.344. The molecule has 7 nitrogen and oxygen atoms in total. The molecule has 2 aromatic carbocycles. The number of halogens is 1. The maximum absolute atomic E-state index is 14.5. The van der Waals surface area contributed by atoms with Gasteiger partial charge < -0.3 is 15.0 Å². The van der Waals surface area contributed by atoms with E-state index in [0.29, 0.717) is 46.4 Å². The molecular weight excluding hydrogens is 556 g/mol. The highest BCUT2D eigenvalue weighted by Gasteiger charge is 2.28. The highest BCUT2D eigenvalue weighted by molar-refractivity contribution is 7.13. The molecule has 41 heavy (non-hydrogen) atoms. The predicted molar refractivity (Wildman–Crippen MR) is 167 cm³/mol. The van der Waals surface area contributed by atoms with Crippen LogP contribution in [0, 0.1) is 5.92 Å². The number of methoxy groups -OCH3 is 1. The summed E-state index contributed by atoms with van der Waals surface area (Å²) in [7, 11) is 1.62. The Bertz CT molecular complexity index is 1600. The highest BCUT2D eigenvalue weighted by Crippen LogP contribution is 2.32. The first kappa shape index (κ1) is 29.0. The van der Waals surface area contributed by atoms with Crippen LogP contribution >= 0.6 is 22.9 Å². The number of nitrogens with zero attached hydrogens (tertiary/aromatic N) is 3. The number of hydrogen-bond donors (Lipinski definition) is 1. The third kappa shape index (κ3) is 6.10. The molecule has 214 valence electrons. The van der Waals surface area contributed by atoms with Crippen molar-refractivity contribution in [3.05, 3.63) is 86.1 Å². The van der Waals surface area contributed by atoms with Gasteiger partial charge in [0.1, 0.15) is 10.8 Å². The Morgan fingerprint density at radius 3 is 2.51 bits per heavy atom. The van der Waals surface area contributed by atoms with E-state index in [1.54, 1.807) is 17.7 Å². The van der Waals surface area contributed by atoms with Crippen molar-refractivity contribution in [2.24, 2.45) is 5.92 Å². The second kappa shape index (κ2) is 12.6. The van der Waals surface area contributed by atoms with E-state index in [2.05, 4.69) is 26.1 Å². The van der Waals surface area contributed by atoms with E-state index < -0.39 is 0 Å². The molecule has 0 spiro atoms. The number of amides is 1. The zero-order chi connectivity index (χ0) is 29.1. The van der Waals surface area contributed by atoms with Crippen LogP contribution in [0.3, 0.4) is 0 Å². The van der Waals surface area contributed by atoms with Crippen LogP contribution in [0.15, 0.2) is 58.7 Å². The summed E-state index contributed by atoms with van der Waals surface area (Å²) < 4.78 is 7.31. The number of benzene rings is 2. The van der Waals surface area contributed by atoms with Crippen LogP contribution in [0.1, 0.15) is 42.4 Å². The normalized spacial score (nSPS) is 13.6. The van der Waals surface area contributed by atoms with Crippen LogP contribution in [0.25, 0.3) is 27.5 Å². The SMILES string of the molecule is CCc1ccc(OC)cc1-n1c(CC(C)C)c(C(=O)N2CCNCC2)cc(-c2nc(-c3ccc(Cl)cc3)cs2)c1=O. The first-order chi connectivity index (χ1) is 19.8. The third-order valence-electron chi connectivity index (χ3n) is 7.33. The average molecular weight is 591 g/mol. The fourth-order valence-electron chi connectivity index (χ4n) is 5.20. The Balaban J connectivity index is 1.78. The van der Waals surface area contributed by atoms with Gasteiger partial charge in [-0.25, -0.2) is 4.98 Å². The smallest absolute Gasteiger partial charge is 0.265 e. The Hall–Kier alpha value is -3.46. The van der Waals surface area contributed by atoms with E-state index in [1.165, 1.54) is 11.3 Å². The molecule has 5 rings (SSSR count). The number of hydrogen-bond acceptors (Lipinski definition) is 6. The van der Waals surface area contributed by atoms with Gasteiger partial charge in [-0.3, -0.25) is 14.2 Å². The first-order valence-electron chi connectivity index (χ1n) is 14.0. The summed E-state index contributed by atoms with van der Waals surface area (Å²) in [5.41, 5.74) is 4.87. The summed E-state index contributed by atoms with van der Waals surface area (Å²) in [5, 5.41) is 6.47. The molecule has 0 unspecified atom stereocenters. The van der Waals surface area contributed by atoms with Crippen LogP contribution in [-0.2, 0) is 12.8 Å². The molecule has 2 aromatic heterocycles. The van der Waals surface area contributed by atoms with Crippen molar-refractivity contribution in [1.82, 2.24) is 19.8 Å². The van der Waals surface area contributed by atoms with Crippen LogP contribution in [0.4, 0.5) is 0 Å². The van der Waals surface area contributed by atoms with Gasteiger partial charge >= 0.3 is 0 Å². The quantitative estimate of drug-likeness (QED) is 0.268. The van der Waals surface area contributed by atoms with E-state index in [4.69, 9.17) is 21.3 Å². The van der Waals surface area contributed by atoms with Gasteiger partial charge in [0, 0.05) is 53.9 Å². The molecule has 1 saturated heterocycles. The van der Waals surface area contributed by atoms with Crippen molar-refractivity contribution in [3.8, 4) is 33.3 Å². The number of aryl methyl sites for hydroxylation is 1. The van der Waals surface area contributed by atoms with Crippen LogP contribution in [0.5, 0.6) is 5.75 Å². The number of carbonyl (C=O) groups is 1. The lowest BCUT2D eigenvalue weighted by atomic mass is 9.98. The number of nitrogens with one attached hydrogen (secondary N) is 1. The first-order valence-corrected chi connectivity index (χ1v) is 15.2. The van der Waals surface area contributed by atoms with Crippen LogP contribution in [-0.4, -0.2) is 53.6 Å². The zero-order valence-corrected chi connectivity index (χ0v) is 25.4.